The highest BCUT2D eigenvalue weighted by Gasteiger charge is 2.27. The Hall–Kier alpha value is -1.34. The molecule has 7 heteroatoms. The van der Waals surface area contributed by atoms with Crippen molar-refractivity contribution in [2.24, 2.45) is 0 Å². The van der Waals surface area contributed by atoms with Gasteiger partial charge >= 0.3 is 6.18 Å². The minimum absolute atomic E-state index is 0.0317. The Kier molecular flexibility index (Phi) is 5.56. The van der Waals surface area contributed by atoms with Crippen LogP contribution in [0.1, 0.15) is 18.1 Å². The molecule has 0 aliphatic carbocycles. The Morgan fingerprint density at radius 2 is 2.00 bits per heavy atom. The van der Waals surface area contributed by atoms with Crippen molar-refractivity contribution in [3.05, 3.63) is 29.6 Å². The molecule has 1 atom stereocenters. The van der Waals surface area contributed by atoms with E-state index < -0.39 is 24.7 Å². The van der Waals surface area contributed by atoms with Crippen LogP contribution in [0.4, 0.5) is 17.6 Å². The first-order valence-corrected chi connectivity index (χ1v) is 5.49. The standard InChI is InChI=1S/C12H14F4O3/c1-18-11-3-2-8(6-9(11)13)10(17)4-5-19-7-12(14,15)16/h2-3,6,10,17H,4-5,7H2,1H3. The second-order valence-corrected chi connectivity index (χ2v) is 3.87. The second kappa shape index (κ2) is 6.72. The van der Waals surface area contributed by atoms with Crippen LogP contribution < -0.4 is 4.74 Å². The number of benzene rings is 1. The van der Waals surface area contributed by atoms with E-state index in [2.05, 4.69) is 4.74 Å². The van der Waals surface area contributed by atoms with Gasteiger partial charge in [0.25, 0.3) is 0 Å². The summed E-state index contributed by atoms with van der Waals surface area (Å²) in [6, 6.07) is 3.86. The average molecular weight is 282 g/mol. The molecule has 0 radical (unpaired) electrons. The summed E-state index contributed by atoms with van der Waals surface area (Å²) in [7, 11) is 1.31. The van der Waals surface area contributed by atoms with Crippen molar-refractivity contribution < 1.29 is 32.1 Å². The predicted molar refractivity (Wildman–Crippen MR) is 59.4 cm³/mol. The van der Waals surface area contributed by atoms with Gasteiger partial charge in [-0.2, -0.15) is 13.2 Å². The predicted octanol–water partition coefficient (Wildman–Crippen LogP) is 2.84. The molecule has 0 saturated heterocycles. The monoisotopic (exact) mass is 282 g/mol. The highest BCUT2D eigenvalue weighted by atomic mass is 19.4. The Morgan fingerprint density at radius 1 is 1.32 bits per heavy atom. The van der Waals surface area contributed by atoms with Crippen molar-refractivity contribution in [2.45, 2.75) is 18.7 Å². The fourth-order valence-corrected chi connectivity index (χ4v) is 1.44. The summed E-state index contributed by atoms with van der Waals surface area (Å²) in [6.07, 6.45) is -5.53. The molecule has 1 aromatic carbocycles. The van der Waals surface area contributed by atoms with Gasteiger partial charge in [-0.15, -0.1) is 0 Å². The van der Waals surface area contributed by atoms with E-state index in [0.29, 0.717) is 0 Å². The maximum Gasteiger partial charge on any atom is 0.411 e. The topological polar surface area (TPSA) is 38.7 Å². The van der Waals surface area contributed by atoms with E-state index in [4.69, 9.17) is 4.74 Å². The Labute approximate surface area is 107 Å². The second-order valence-electron chi connectivity index (χ2n) is 3.87. The van der Waals surface area contributed by atoms with Crippen molar-refractivity contribution >= 4 is 0 Å². The molecule has 0 bridgehead atoms. The quantitative estimate of drug-likeness (QED) is 0.644. The molecule has 1 unspecified atom stereocenters. The smallest absolute Gasteiger partial charge is 0.411 e. The molecule has 0 aromatic heterocycles. The molecule has 19 heavy (non-hydrogen) atoms. The van der Waals surface area contributed by atoms with E-state index in [1.54, 1.807) is 0 Å². The number of methoxy groups -OCH3 is 1. The maximum atomic E-state index is 13.3. The number of aliphatic hydroxyl groups is 1. The van der Waals surface area contributed by atoms with Crippen molar-refractivity contribution in [2.75, 3.05) is 20.3 Å². The first-order valence-electron chi connectivity index (χ1n) is 5.49. The number of halogens is 4. The van der Waals surface area contributed by atoms with Crippen LogP contribution in [0.2, 0.25) is 0 Å². The highest BCUT2D eigenvalue weighted by molar-refractivity contribution is 5.30. The fraction of sp³-hybridized carbons (Fsp3) is 0.500. The van der Waals surface area contributed by atoms with E-state index in [9.17, 15) is 22.7 Å². The van der Waals surface area contributed by atoms with Crippen LogP contribution in [-0.4, -0.2) is 31.6 Å². The zero-order valence-electron chi connectivity index (χ0n) is 10.2. The molecule has 108 valence electrons. The third-order valence-corrected chi connectivity index (χ3v) is 2.36. The lowest BCUT2D eigenvalue weighted by Gasteiger charge is -2.13. The molecular weight excluding hydrogens is 268 g/mol. The molecule has 3 nitrogen and oxygen atoms in total. The molecule has 0 fully saturated rings. The highest BCUT2D eigenvalue weighted by Crippen LogP contribution is 2.23. The summed E-state index contributed by atoms with van der Waals surface area (Å²) in [4.78, 5) is 0. The van der Waals surface area contributed by atoms with Gasteiger partial charge in [0.2, 0.25) is 0 Å². The summed E-state index contributed by atoms with van der Waals surface area (Å²) in [5.74, 6) is -0.612. The van der Waals surface area contributed by atoms with Crippen LogP contribution in [0.5, 0.6) is 5.75 Å². The van der Waals surface area contributed by atoms with E-state index in [1.165, 1.54) is 19.2 Å². The van der Waals surface area contributed by atoms with Gasteiger partial charge in [0.05, 0.1) is 13.2 Å². The van der Waals surface area contributed by atoms with Crippen LogP contribution in [0.25, 0.3) is 0 Å². The first kappa shape index (κ1) is 15.7. The van der Waals surface area contributed by atoms with Crippen LogP contribution in [0.3, 0.4) is 0 Å². The molecule has 0 saturated carbocycles. The van der Waals surface area contributed by atoms with Crippen LogP contribution >= 0.6 is 0 Å². The molecule has 1 rings (SSSR count). The molecular formula is C12H14F4O3. The molecule has 1 aromatic rings. The molecule has 1 N–H and O–H groups in total. The fourth-order valence-electron chi connectivity index (χ4n) is 1.44. The Morgan fingerprint density at radius 3 is 2.53 bits per heavy atom. The number of hydrogen-bond donors (Lipinski definition) is 1. The lowest BCUT2D eigenvalue weighted by Crippen LogP contribution is -2.18. The van der Waals surface area contributed by atoms with Crippen molar-refractivity contribution in [1.29, 1.82) is 0 Å². The summed E-state index contributed by atoms with van der Waals surface area (Å²) >= 11 is 0. The third-order valence-electron chi connectivity index (χ3n) is 2.36. The van der Waals surface area contributed by atoms with Gasteiger partial charge in [-0.3, -0.25) is 0 Å². The number of alkyl halides is 3. The number of hydrogen-bond acceptors (Lipinski definition) is 3. The molecule has 0 heterocycles. The van der Waals surface area contributed by atoms with Gasteiger partial charge in [-0.1, -0.05) is 6.07 Å². The van der Waals surface area contributed by atoms with Gasteiger partial charge in [0.1, 0.15) is 6.61 Å². The zero-order valence-corrected chi connectivity index (χ0v) is 10.2. The largest absolute Gasteiger partial charge is 0.494 e. The molecule has 0 spiro atoms. The van der Waals surface area contributed by atoms with E-state index in [1.807, 2.05) is 0 Å². The van der Waals surface area contributed by atoms with Crippen molar-refractivity contribution in [3.63, 3.8) is 0 Å². The maximum absolute atomic E-state index is 13.3. The minimum atomic E-state index is -4.39. The van der Waals surface area contributed by atoms with Gasteiger partial charge < -0.3 is 14.6 Å². The van der Waals surface area contributed by atoms with Crippen molar-refractivity contribution in [3.8, 4) is 5.75 Å². The van der Waals surface area contributed by atoms with Gasteiger partial charge in [0, 0.05) is 13.0 Å². The number of aliphatic hydroxyl groups excluding tert-OH is 1. The van der Waals surface area contributed by atoms with Crippen molar-refractivity contribution in [1.82, 2.24) is 0 Å². The Bertz CT molecular complexity index is 406. The number of ether oxygens (including phenoxy) is 2. The SMILES string of the molecule is COc1ccc(C(O)CCOCC(F)(F)F)cc1F. The van der Waals surface area contributed by atoms with Gasteiger partial charge in [0.15, 0.2) is 11.6 Å². The number of rotatable bonds is 6. The summed E-state index contributed by atoms with van der Waals surface area (Å²) in [5.41, 5.74) is 0.258. The Balaban J connectivity index is 2.45. The van der Waals surface area contributed by atoms with Gasteiger partial charge in [-0.05, 0) is 17.7 Å². The van der Waals surface area contributed by atoms with Gasteiger partial charge in [-0.25, -0.2) is 4.39 Å². The lowest BCUT2D eigenvalue weighted by atomic mass is 10.1. The normalized spacial score (nSPS) is 13.4. The first-order chi connectivity index (χ1) is 8.83. The van der Waals surface area contributed by atoms with Crippen LogP contribution in [0, 0.1) is 5.82 Å². The van der Waals surface area contributed by atoms with E-state index in [0.717, 1.165) is 6.07 Å². The lowest BCUT2D eigenvalue weighted by molar-refractivity contribution is -0.175. The molecule has 0 aliphatic heterocycles. The summed E-state index contributed by atoms with van der Waals surface area (Å²) in [5, 5.41) is 9.67. The van der Waals surface area contributed by atoms with E-state index >= 15 is 0 Å². The third kappa shape index (κ3) is 5.44. The van der Waals surface area contributed by atoms with Crippen LogP contribution in [-0.2, 0) is 4.74 Å². The molecule has 0 aliphatic rings. The summed E-state index contributed by atoms with van der Waals surface area (Å²) in [6.45, 7) is -1.63. The average Bonchev–Trinajstić information content (AvgIpc) is 2.33. The molecule has 0 amide bonds. The zero-order chi connectivity index (χ0) is 14.5. The van der Waals surface area contributed by atoms with E-state index in [-0.39, 0.29) is 24.3 Å². The van der Waals surface area contributed by atoms with Crippen LogP contribution in [0.15, 0.2) is 18.2 Å². The minimum Gasteiger partial charge on any atom is -0.494 e. The summed E-state index contributed by atoms with van der Waals surface area (Å²) < 4.78 is 57.8.